The van der Waals surface area contributed by atoms with Gasteiger partial charge in [-0.15, -0.1) is 0 Å². The summed E-state index contributed by atoms with van der Waals surface area (Å²) in [5.74, 6) is 0.107. The number of nitrogens with zero attached hydrogens (tertiary/aromatic N) is 1. The zero-order chi connectivity index (χ0) is 25.1. The van der Waals surface area contributed by atoms with E-state index < -0.39 is 5.91 Å². The highest BCUT2D eigenvalue weighted by atomic mass is 16.5. The van der Waals surface area contributed by atoms with Crippen LogP contribution in [-0.2, 0) is 4.74 Å². The molecule has 0 aromatic heterocycles. The number of ether oxygens (including phenoxy) is 1. The zero-order valence-electron chi connectivity index (χ0n) is 21.0. The van der Waals surface area contributed by atoms with Crippen molar-refractivity contribution >= 4 is 17.7 Å². The molecule has 1 aliphatic rings. The smallest absolute Gasteiger partial charge is 0.251 e. The molecule has 0 unspecified atom stereocenters. The Hall–Kier alpha value is -3.41. The number of hydrogen-bond acceptors (Lipinski definition) is 4. The van der Waals surface area contributed by atoms with Crippen LogP contribution in [0, 0.1) is 5.92 Å². The van der Waals surface area contributed by atoms with Crippen molar-refractivity contribution in [2.45, 2.75) is 53.4 Å². The largest absolute Gasteiger partial charge is 0.483 e. The molecule has 3 N–H and O–H groups in total. The van der Waals surface area contributed by atoms with Crippen LogP contribution in [0.1, 0.15) is 74.1 Å². The van der Waals surface area contributed by atoms with Gasteiger partial charge in [-0.05, 0) is 80.9 Å². The van der Waals surface area contributed by atoms with Gasteiger partial charge in [-0.25, -0.2) is 4.99 Å². The predicted molar refractivity (Wildman–Crippen MR) is 139 cm³/mol. The van der Waals surface area contributed by atoms with Gasteiger partial charge >= 0.3 is 0 Å². The van der Waals surface area contributed by atoms with Gasteiger partial charge in [0.25, 0.3) is 5.91 Å². The number of primary amides is 1. The van der Waals surface area contributed by atoms with Gasteiger partial charge in [0.15, 0.2) is 0 Å². The minimum absolute atomic E-state index is 0.111. The van der Waals surface area contributed by atoms with E-state index in [1.165, 1.54) is 24.5 Å². The van der Waals surface area contributed by atoms with Crippen LogP contribution in [0.2, 0.25) is 0 Å². The number of nitrogens with one attached hydrogen (secondary N) is 1. The summed E-state index contributed by atoms with van der Waals surface area (Å²) in [7, 11) is 1.54. The third kappa shape index (κ3) is 7.87. The third-order valence-electron chi connectivity index (χ3n) is 5.65. The highest BCUT2D eigenvalue weighted by Gasteiger charge is 2.25. The van der Waals surface area contributed by atoms with Gasteiger partial charge in [0.1, 0.15) is 0 Å². The van der Waals surface area contributed by atoms with E-state index in [0.29, 0.717) is 17.4 Å². The van der Waals surface area contributed by atoms with E-state index in [1.54, 1.807) is 25.3 Å². The van der Waals surface area contributed by atoms with Crippen molar-refractivity contribution in [2.75, 3.05) is 13.7 Å². The van der Waals surface area contributed by atoms with Gasteiger partial charge in [-0.2, -0.15) is 0 Å². The summed E-state index contributed by atoms with van der Waals surface area (Å²) in [6.45, 7) is 8.43. The van der Waals surface area contributed by atoms with E-state index in [-0.39, 0.29) is 18.0 Å². The molecule has 6 nitrogen and oxygen atoms in total. The number of hydrogen-bond donors (Lipinski definition) is 2. The van der Waals surface area contributed by atoms with Gasteiger partial charge in [-0.1, -0.05) is 38.1 Å². The molecule has 0 saturated heterocycles. The summed E-state index contributed by atoms with van der Waals surface area (Å²) >= 11 is 0. The van der Waals surface area contributed by atoms with Crippen molar-refractivity contribution in [3.63, 3.8) is 0 Å². The second-order valence-corrected chi connectivity index (χ2v) is 8.31. The molecule has 1 aromatic rings. The fourth-order valence-electron chi connectivity index (χ4n) is 3.48. The third-order valence-corrected chi connectivity index (χ3v) is 5.65. The quantitative estimate of drug-likeness (QED) is 0.258. The maximum atomic E-state index is 12.6. The van der Waals surface area contributed by atoms with Crippen LogP contribution < -0.4 is 11.1 Å². The lowest BCUT2D eigenvalue weighted by molar-refractivity contribution is 0.0957. The van der Waals surface area contributed by atoms with Gasteiger partial charge in [0, 0.05) is 16.7 Å². The number of allylic oxidation sites excluding steroid dienone is 6. The van der Waals surface area contributed by atoms with Crippen LogP contribution in [0.25, 0.3) is 0 Å². The lowest BCUT2D eigenvalue weighted by Crippen LogP contribution is -2.30. The monoisotopic (exact) mass is 463 g/mol. The van der Waals surface area contributed by atoms with Gasteiger partial charge in [-0.3, -0.25) is 9.59 Å². The fourth-order valence-corrected chi connectivity index (χ4v) is 3.48. The molecular weight excluding hydrogens is 426 g/mol. The zero-order valence-corrected chi connectivity index (χ0v) is 21.0. The molecule has 1 aromatic carbocycles. The molecule has 0 bridgehead atoms. The van der Waals surface area contributed by atoms with Crippen molar-refractivity contribution in [1.82, 2.24) is 5.32 Å². The standard InChI is InChI=1S/C28H37N3O3/c1-6-10-21(20-14-15-20)16-22(11-7-2)26(19(4)8-3)31-25(34-5)18-30-28(33)24-13-9-12-23(17-24)27(29)32/h7,9-13,16-17,20H,6,8,14-15,18H2,1-5H3,(H2,29,32)(H,30,33)/b11-7-,21-10-,22-16+,26-19?,31-25?. The highest BCUT2D eigenvalue weighted by molar-refractivity contribution is 6.00. The van der Waals surface area contributed by atoms with E-state index in [4.69, 9.17) is 15.5 Å². The number of carbonyl (C=O) groups excluding carboxylic acids is 2. The molecule has 0 heterocycles. The van der Waals surface area contributed by atoms with Gasteiger partial charge < -0.3 is 15.8 Å². The number of amides is 2. The molecule has 0 radical (unpaired) electrons. The minimum Gasteiger partial charge on any atom is -0.483 e. The molecule has 34 heavy (non-hydrogen) atoms. The molecular formula is C28H37N3O3. The molecule has 0 atom stereocenters. The first-order chi connectivity index (χ1) is 16.3. The van der Waals surface area contributed by atoms with Crippen LogP contribution in [-0.4, -0.2) is 31.4 Å². The first-order valence-corrected chi connectivity index (χ1v) is 11.9. The topological polar surface area (TPSA) is 93.8 Å². The Bertz CT molecular complexity index is 1040. The first kappa shape index (κ1) is 26.8. The van der Waals surface area contributed by atoms with Crippen molar-refractivity contribution < 1.29 is 14.3 Å². The fraction of sp³-hybridized carbons (Fsp3) is 0.393. The lowest BCUT2D eigenvalue weighted by atomic mass is 10.00. The van der Waals surface area contributed by atoms with Crippen LogP contribution in [0.3, 0.4) is 0 Å². The first-order valence-electron chi connectivity index (χ1n) is 11.9. The van der Waals surface area contributed by atoms with Crippen molar-refractivity contribution in [1.29, 1.82) is 0 Å². The summed E-state index contributed by atoms with van der Waals surface area (Å²) < 4.78 is 5.53. The van der Waals surface area contributed by atoms with Gasteiger partial charge in [0.2, 0.25) is 11.8 Å². The van der Waals surface area contributed by atoms with E-state index in [1.807, 2.05) is 13.0 Å². The Morgan fingerprint density at radius 1 is 1.24 bits per heavy atom. The number of carbonyl (C=O) groups is 2. The number of rotatable bonds is 11. The number of aliphatic imine (C=N–C) groups is 1. The average Bonchev–Trinajstić information content (AvgIpc) is 3.68. The molecule has 0 aliphatic heterocycles. The number of methoxy groups -OCH3 is 1. The molecule has 2 rings (SSSR count). The van der Waals surface area contributed by atoms with E-state index in [9.17, 15) is 9.59 Å². The second kappa shape index (κ2) is 13.3. The van der Waals surface area contributed by atoms with Crippen molar-refractivity contribution in [3.05, 3.63) is 82.1 Å². The Labute approximate surface area is 203 Å². The Morgan fingerprint density at radius 2 is 1.94 bits per heavy atom. The summed E-state index contributed by atoms with van der Waals surface area (Å²) in [6, 6.07) is 6.30. The molecule has 1 fully saturated rings. The van der Waals surface area contributed by atoms with Crippen molar-refractivity contribution in [2.24, 2.45) is 16.6 Å². The predicted octanol–water partition coefficient (Wildman–Crippen LogP) is 5.49. The SMILES string of the molecule is C\C=C/C(=C\C(=C\CC)C1CC1)C(N=C(CNC(=O)c1cccc(C(N)=O)c1)OC)=C(C)CC. The lowest BCUT2D eigenvalue weighted by Gasteiger charge is -2.13. The molecule has 2 amide bonds. The summed E-state index contributed by atoms with van der Waals surface area (Å²) in [6.07, 6.45) is 12.9. The Kier molecular flexibility index (Phi) is 10.5. The molecule has 182 valence electrons. The van der Waals surface area contributed by atoms with E-state index in [0.717, 1.165) is 29.7 Å². The maximum Gasteiger partial charge on any atom is 0.251 e. The normalized spacial score (nSPS) is 15.9. The minimum atomic E-state index is -0.579. The summed E-state index contributed by atoms with van der Waals surface area (Å²) in [5, 5.41) is 2.82. The Balaban J connectivity index is 2.32. The molecule has 0 spiro atoms. The summed E-state index contributed by atoms with van der Waals surface area (Å²) in [5.41, 5.74) is 10.3. The molecule has 1 aliphatic carbocycles. The van der Waals surface area contributed by atoms with Crippen LogP contribution in [0.4, 0.5) is 0 Å². The molecule has 6 heteroatoms. The van der Waals surface area contributed by atoms with E-state index >= 15 is 0 Å². The number of nitrogens with two attached hydrogens (primary N) is 1. The average molecular weight is 464 g/mol. The van der Waals surface area contributed by atoms with Crippen LogP contribution in [0.15, 0.2) is 76.0 Å². The van der Waals surface area contributed by atoms with Gasteiger partial charge in [0.05, 0.1) is 19.4 Å². The Morgan fingerprint density at radius 3 is 2.50 bits per heavy atom. The highest BCUT2D eigenvalue weighted by Crippen LogP contribution is 2.38. The maximum absolute atomic E-state index is 12.6. The van der Waals surface area contributed by atoms with E-state index in [2.05, 4.69) is 44.3 Å². The van der Waals surface area contributed by atoms with Crippen molar-refractivity contribution in [3.8, 4) is 0 Å². The van der Waals surface area contributed by atoms with Crippen LogP contribution in [0.5, 0.6) is 0 Å². The summed E-state index contributed by atoms with van der Waals surface area (Å²) in [4.78, 5) is 28.9. The van der Waals surface area contributed by atoms with Crippen LogP contribution >= 0.6 is 0 Å². The second-order valence-electron chi connectivity index (χ2n) is 8.31. The number of benzene rings is 1. The molecule has 1 saturated carbocycles.